The van der Waals surface area contributed by atoms with Crippen molar-refractivity contribution in [2.24, 2.45) is 0 Å². The molecule has 0 aliphatic carbocycles. The Labute approximate surface area is 108 Å². The molecule has 1 atom stereocenters. The van der Waals surface area contributed by atoms with Gasteiger partial charge >= 0.3 is 0 Å². The number of hydrogen-bond acceptors (Lipinski definition) is 2. The Morgan fingerprint density at radius 2 is 1.47 bits per heavy atom. The number of methoxy groups -OCH3 is 1. The molecule has 0 aliphatic rings. The van der Waals surface area contributed by atoms with Crippen molar-refractivity contribution in [3.05, 3.63) is 0 Å². The smallest absolute Gasteiger partial charge is 0.0575 e. The molecule has 0 fully saturated rings. The van der Waals surface area contributed by atoms with Crippen LogP contribution in [0.3, 0.4) is 0 Å². The van der Waals surface area contributed by atoms with Crippen LogP contribution in [-0.2, 0) is 9.47 Å². The highest BCUT2D eigenvalue weighted by Gasteiger charge is 2.07. The highest BCUT2D eigenvalue weighted by atomic mass is 16.5. The van der Waals surface area contributed by atoms with E-state index in [4.69, 9.17) is 9.47 Å². The van der Waals surface area contributed by atoms with E-state index in [1.807, 2.05) is 0 Å². The first-order chi connectivity index (χ1) is 8.35. The van der Waals surface area contributed by atoms with Crippen molar-refractivity contribution in [2.45, 2.75) is 77.7 Å². The predicted molar refractivity (Wildman–Crippen MR) is 74.5 cm³/mol. The van der Waals surface area contributed by atoms with Gasteiger partial charge in [0.2, 0.25) is 0 Å². The van der Waals surface area contributed by atoms with Crippen LogP contribution in [0.5, 0.6) is 0 Å². The van der Waals surface area contributed by atoms with E-state index in [1.165, 1.54) is 57.8 Å². The van der Waals surface area contributed by atoms with Gasteiger partial charge in [-0.1, -0.05) is 46.0 Å². The Balaban J connectivity index is 3.53. The van der Waals surface area contributed by atoms with Crippen molar-refractivity contribution in [3.63, 3.8) is 0 Å². The van der Waals surface area contributed by atoms with E-state index >= 15 is 0 Å². The molecular formula is C15H32O2. The van der Waals surface area contributed by atoms with Crippen molar-refractivity contribution in [1.82, 2.24) is 0 Å². The topological polar surface area (TPSA) is 18.5 Å². The molecule has 0 bridgehead atoms. The summed E-state index contributed by atoms with van der Waals surface area (Å²) >= 11 is 0. The molecule has 0 heterocycles. The summed E-state index contributed by atoms with van der Waals surface area (Å²) < 4.78 is 11.0. The molecular weight excluding hydrogens is 212 g/mol. The second-order valence-electron chi connectivity index (χ2n) is 4.83. The molecule has 104 valence electrons. The average molecular weight is 244 g/mol. The van der Waals surface area contributed by atoms with Crippen LogP contribution in [0.2, 0.25) is 0 Å². The third-order valence-electron chi connectivity index (χ3n) is 3.11. The molecule has 0 amide bonds. The van der Waals surface area contributed by atoms with Gasteiger partial charge in [0, 0.05) is 20.3 Å². The lowest BCUT2D eigenvalue weighted by Gasteiger charge is -2.17. The molecule has 0 saturated heterocycles. The summed E-state index contributed by atoms with van der Waals surface area (Å²) in [5.74, 6) is 0. The quantitative estimate of drug-likeness (QED) is 0.442. The highest BCUT2D eigenvalue weighted by molar-refractivity contribution is 4.59. The zero-order valence-electron chi connectivity index (χ0n) is 12.2. The maximum atomic E-state index is 5.96. The van der Waals surface area contributed by atoms with Gasteiger partial charge in [-0.2, -0.15) is 0 Å². The summed E-state index contributed by atoms with van der Waals surface area (Å²) in [5.41, 5.74) is 0. The van der Waals surface area contributed by atoms with Gasteiger partial charge in [0.15, 0.2) is 0 Å². The molecule has 0 aliphatic heterocycles. The molecule has 17 heavy (non-hydrogen) atoms. The number of hydrogen-bond donors (Lipinski definition) is 0. The first-order valence-corrected chi connectivity index (χ1v) is 7.45. The van der Waals surface area contributed by atoms with E-state index in [2.05, 4.69) is 13.8 Å². The second kappa shape index (κ2) is 14.0. The van der Waals surface area contributed by atoms with Crippen molar-refractivity contribution >= 4 is 0 Å². The monoisotopic (exact) mass is 244 g/mol. The van der Waals surface area contributed by atoms with E-state index < -0.39 is 0 Å². The molecule has 2 nitrogen and oxygen atoms in total. The lowest BCUT2D eigenvalue weighted by Crippen LogP contribution is -2.14. The zero-order chi connectivity index (χ0) is 12.8. The summed E-state index contributed by atoms with van der Waals surface area (Å²) in [6.07, 6.45) is 11.7. The maximum Gasteiger partial charge on any atom is 0.0575 e. The molecule has 0 radical (unpaired) electrons. The first kappa shape index (κ1) is 16.9. The molecule has 2 heteroatoms. The van der Waals surface area contributed by atoms with Gasteiger partial charge in [0.1, 0.15) is 0 Å². The van der Waals surface area contributed by atoms with Gasteiger partial charge in [-0.25, -0.2) is 0 Å². The molecule has 1 unspecified atom stereocenters. The van der Waals surface area contributed by atoms with E-state index in [-0.39, 0.29) is 0 Å². The Bertz CT molecular complexity index is 137. The molecule has 0 aromatic heterocycles. The third-order valence-corrected chi connectivity index (χ3v) is 3.11. The van der Waals surface area contributed by atoms with Gasteiger partial charge < -0.3 is 9.47 Å². The van der Waals surface area contributed by atoms with Gasteiger partial charge in [0.05, 0.1) is 6.10 Å². The average Bonchev–Trinajstić information content (AvgIpc) is 2.35. The summed E-state index contributed by atoms with van der Waals surface area (Å²) in [6.45, 7) is 6.32. The zero-order valence-corrected chi connectivity index (χ0v) is 12.2. The minimum atomic E-state index is 0.504. The number of ether oxygens (including phenoxy) is 2. The molecule has 0 N–H and O–H groups in total. The molecule has 0 aromatic rings. The number of unbranched alkanes of at least 4 members (excludes halogenated alkanes) is 4. The van der Waals surface area contributed by atoms with Gasteiger partial charge in [-0.15, -0.1) is 0 Å². The fourth-order valence-electron chi connectivity index (χ4n) is 1.93. The second-order valence-corrected chi connectivity index (χ2v) is 4.83. The molecule has 0 saturated carbocycles. The largest absolute Gasteiger partial charge is 0.385 e. The van der Waals surface area contributed by atoms with E-state index in [0.717, 1.165) is 13.2 Å². The summed E-state index contributed by atoms with van der Waals surface area (Å²) in [4.78, 5) is 0. The van der Waals surface area contributed by atoms with E-state index in [0.29, 0.717) is 6.10 Å². The van der Waals surface area contributed by atoms with Crippen LogP contribution in [0.4, 0.5) is 0 Å². The Hall–Kier alpha value is -0.0800. The minimum absolute atomic E-state index is 0.504. The Kier molecular flexibility index (Phi) is 13.9. The standard InChI is InChI=1S/C15H32O2/c1-4-6-11-15(17-14-7-5-2)12-9-8-10-13-16-3/h15H,4-14H2,1-3H3. The third kappa shape index (κ3) is 12.2. The predicted octanol–water partition coefficient (Wildman–Crippen LogP) is 4.57. The van der Waals surface area contributed by atoms with Crippen molar-refractivity contribution < 1.29 is 9.47 Å². The summed E-state index contributed by atoms with van der Waals surface area (Å²) in [5, 5.41) is 0. The number of rotatable bonds is 13. The van der Waals surface area contributed by atoms with Crippen LogP contribution in [0.1, 0.15) is 71.6 Å². The van der Waals surface area contributed by atoms with Crippen LogP contribution in [0.25, 0.3) is 0 Å². The van der Waals surface area contributed by atoms with Crippen molar-refractivity contribution in [2.75, 3.05) is 20.3 Å². The summed E-state index contributed by atoms with van der Waals surface area (Å²) in [7, 11) is 1.78. The highest BCUT2D eigenvalue weighted by Crippen LogP contribution is 2.14. The van der Waals surface area contributed by atoms with E-state index in [1.54, 1.807) is 7.11 Å². The molecule has 0 rings (SSSR count). The Morgan fingerprint density at radius 1 is 0.765 bits per heavy atom. The lowest BCUT2D eigenvalue weighted by molar-refractivity contribution is 0.0364. The van der Waals surface area contributed by atoms with Crippen LogP contribution < -0.4 is 0 Å². The fraction of sp³-hybridized carbons (Fsp3) is 1.00. The first-order valence-electron chi connectivity index (χ1n) is 7.45. The molecule has 0 spiro atoms. The van der Waals surface area contributed by atoms with Gasteiger partial charge in [0.25, 0.3) is 0 Å². The van der Waals surface area contributed by atoms with Gasteiger partial charge in [-0.3, -0.25) is 0 Å². The minimum Gasteiger partial charge on any atom is -0.385 e. The van der Waals surface area contributed by atoms with Crippen molar-refractivity contribution in [1.29, 1.82) is 0 Å². The SMILES string of the molecule is CCCCOC(CCCC)CCCCCOC. The molecule has 0 aromatic carbocycles. The van der Waals surface area contributed by atoms with Crippen LogP contribution >= 0.6 is 0 Å². The Morgan fingerprint density at radius 3 is 2.12 bits per heavy atom. The van der Waals surface area contributed by atoms with Gasteiger partial charge in [-0.05, 0) is 25.7 Å². The lowest BCUT2D eigenvalue weighted by atomic mass is 10.1. The fourth-order valence-corrected chi connectivity index (χ4v) is 1.93. The van der Waals surface area contributed by atoms with Crippen LogP contribution in [0, 0.1) is 0 Å². The van der Waals surface area contributed by atoms with Crippen LogP contribution in [-0.4, -0.2) is 26.4 Å². The van der Waals surface area contributed by atoms with Crippen LogP contribution in [0.15, 0.2) is 0 Å². The summed E-state index contributed by atoms with van der Waals surface area (Å²) in [6, 6.07) is 0. The van der Waals surface area contributed by atoms with Crippen molar-refractivity contribution in [3.8, 4) is 0 Å². The maximum absolute atomic E-state index is 5.96. The van der Waals surface area contributed by atoms with E-state index in [9.17, 15) is 0 Å². The normalized spacial score (nSPS) is 12.9.